The molecule has 0 atom stereocenters. The van der Waals surface area contributed by atoms with Gasteiger partial charge >= 0.3 is 0 Å². The molecule has 53 heavy (non-hydrogen) atoms. The second-order valence-electron chi connectivity index (χ2n) is 16.0. The summed E-state index contributed by atoms with van der Waals surface area (Å²) in [7, 11) is 0. The van der Waals surface area contributed by atoms with Gasteiger partial charge in [0.15, 0.2) is 0 Å². The molecule has 0 radical (unpaired) electrons. The summed E-state index contributed by atoms with van der Waals surface area (Å²) < 4.78 is 0. The summed E-state index contributed by atoms with van der Waals surface area (Å²) in [6.45, 7) is 4.76. The quantitative estimate of drug-likeness (QED) is 0.167. The van der Waals surface area contributed by atoms with Crippen molar-refractivity contribution in [1.29, 1.82) is 0 Å². The van der Waals surface area contributed by atoms with Gasteiger partial charge in [-0.2, -0.15) is 0 Å². The summed E-state index contributed by atoms with van der Waals surface area (Å²) in [5.74, 6) is 0. The van der Waals surface area contributed by atoms with Gasteiger partial charge in [-0.25, -0.2) is 0 Å². The van der Waals surface area contributed by atoms with Crippen LogP contribution in [-0.2, 0) is 10.8 Å². The van der Waals surface area contributed by atoms with E-state index in [4.69, 9.17) is 0 Å². The highest BCUT2D eigenvalue weighted by molar-refractivity contribution is 6.08. The molecule has 8 aromatic rings. The summed E-state index contributed by atoms with van der Waals surface area (Å²) in [5, 5.41) is 5.12. The van der Waals surface area contributed by atoms with Gasteiger partial charge in [0, 0.05) is 27.9 Å². The zero-order valence-electron chi connectivity index (χ0n) is 30.4. The van der Waals surface area contributed by atoms with Crippen molar-refractivity contribution < 1.29 is 0 Å². The predicted molar refractivity (Wildman–Crippen MR) is 224 cm³/mol. The molecule has 1 fully saturated rings. The highest BCUT2D eigenvalue weighted by atomic mass is 15.1. The number of benzene rings is 8. The Bertz CT molecular complexity index is 2760. The molecule has 3 aliphatic rings. The van der Waals surface area contributed by atoms with Crippen LogP contribution in [0, 0.1) is 0 Å². The average molecular weight is 680 g/mol. The van der Waals surface area contributed by atoms with E-state index in [1.54, 1.807) is 0 Å². The molecule has 1 nitrogen and oxygen atoms in total. The van der Waals surface area contributed by atoms with E-state index in [1.165, 1.54) is 120 Å². The minimum atomic E-state index is -0.0688. The summed E-state index contributed by atoms with van der Waals surface area (Å²) in [6, 6.07) is 61.9. The molecular formula is C52H41N. The number of anilines is 3. The third kappa shape index (κ3) is 4.37. The van der Waals surface area contributed by atoms with Gasteiger partial charge < -0.3 is 4.90 Å². The first-order valence-corrected chi connectivity index (χ1v) is 19.3. The number of rotatable bonds is 4. The van der Waals surface area contributed by atoms with Crippen molar-refractivity contribution >= 4 is 38.6 Å². The Labute approximate surface area is 312 Å². The van der Waals surface area contributed by atoms with E-state index in [2.05, 4.69) is 183 Å². The molecule has 1 saturated carbocycles. The lowest BCUT2D eigenvalue weighted by Gasteiger charge is -2.30. The van der Waals surface area contributed by atoms with Gasteiger partial charge in [0.2, 0.25) is 0 Å². The fourth-order valence-corrected chi connectivity index (χ4v) is 10.6. The molecule has 0 aliphatic heterocycles. The molecule has 0 bridgehead atoms. The Morgan fingerprint density at radius 3 is 1.83 bits per heavy atom. The maximum Gasteiger partial charge on any atom is 0.0468 e. The van der Waals surface area contributed by atoms with Crippen molar-refractivity contribution in [2.45, 2.75) is 50.4 Å². The standard InChI is InChI=1S/C52H41N/c1-51(2)47-18-7-5-15-44(47)46-17-11-16-42(50(46)51)35-22-24-37(25-23-35)53(38-26-28-41-36(32-38)21-20-34-12-3-4-13-40(34)41)39-27-29-45-43-14-6-8-19-48(43)52(49(45)33-39)30-9-10-31-52/h3-8,11-29,32-33H,9-10,30-31H2,1-2H3. The van der Waals surface area contributed by atoms with Crippen LogP contribution in [0.5, 0.6) is 0 Å². The first kappa shape index (κ1) is 30.7. The lowest BCUT2D eigenvalue weighted by atomic mass is 9.76. The van der Waals surface area contributed by atoms with Crippen LogP contribution in [0.15, 0.2) is 164 Å². The smallest absolute Gasteiger partial charge is 0.0468 e. The van der Waals surface area contributed by atoms with Crippen LogP contribution in [0.2, 0.25) is 0 Å². The van der Waals surface area contributed by atoms with Crippen molar-refractivity contribution in [2.24, 2.45) is 0 Å². The molecule has 0 amide bonds. The fourth-order valence-electron chi connectivity index (χ4n) is 10.6. The van der Waals surface area contributed by atoms with Crippen molar-refractivity contribution in [3.8, 4) is 33.4 Å². The van der Waals surface area contributed by atoms with Gasteiger partial charge in [0.1, 0.15) is 0 Å². The molecule has 0 saturated heterocycles. The predicted octanol–water partition coefficient (Wildman–Crippen LogP) is 14.3. The first-order valence-electron chi connectivity index (χ1n) is 19.3. The summed E-state index contributed by atoms with van der Waals surface area (Å²) in [5.41, 5.74) is 17.6. The molecule has 11 rings (SSSR count). The van der Waals surface area contributed by atoms with E-state index < -0.39 is 0 Å². The molecule has 0 aromatic heterocycles. The van der Waals surface area contributed by atoms with Crippen molar-refractivity contribution in [2.75, 3.05) is 4.90 Å². The van der Waals surface area contributed by atoms with Gasteiger partial charge in [-0.1, -0.05) is 154 Å². The van der Waals surface area contributed by atoms with Gasteiger partial charge in [-0.15, -0.1) is 0 Å². The first-order chi connectivity index (χ1) is 26.0. The molecule has 8 aromatic carbocycles. The number of fused-ring (bicyclic) bond motifs is 11. The molecule has 1 spiro atoms. The summed E-state index contributed by atoms with van der Waals surface area (Å²) in [6.07, 6.45) is 5.01. The molecular weight excluding hydrogens is 639 g/mol. The Morgan fingerprint density at radius 2 is 1.00 bits per heavy atom. The monoisotopic (exact) mass is 679 g/mol. The second-order valence-corrected chi connectivity index (χ2v) is 16.0. The molecule has 254 valence electrons. The highest BCUT2D eigenvalue weighted by Gasteiger charge is 2.45. The van der Waals surface area contributed by atoms with E-state index in [0.717, 1.165) is 0 Å². The van der Waals surface area contributed by atoms with E-state index in [-0.39, 0.29) is 10.8 Å². The number of hydrogen-bond donors (Lipinski definition) is 0. The molecule has 0 unspecified atom stereocenters. The van der Waals surface area contributed by atoms with Crippen molar-refractivity contribution in [1.82, 2.24) is 0 Å². The van der Waals surface area contributed by atoms with E-state index in [9.17, 15) is 0 Å². The maximum absolute atomic E-state index is 2.53. The minimum Gasteiger partial charge on any atom is -0.310 e. The van der Waals surface area contributed by atoms with Crippen molar-refractivity contribution in [3.63, 3.8) is 0 Å². The van der Waals surface area contributed by atoms with Gasteiger partial charge in [-0.05, 0) is 126 Å². The van der Waals surface area contributed by atoms with Gasteiger partial charge in [0.05, 0.1) is 0 Å². The zero-order chi connectivity index (χ0) is 35.3. The molecule has 0 N–H and O–H groups in total. The molecule has 3 aliphatic carbocycles. The Balaban J connectivity index is 1.07. The van der Waals surface area contributed by atoms with Crippen LogP contribution in [0.4, 0.5) is 17.1 Å². The Kier molecular flexibility index (Phi) is 6.54. The molecule has 0 heterocycles. The normalized spacial score (nSPS) is 15.7. The fraction of sp³-hybridized carbons (Fsp3) is 0.154. The zero-order valence-corrected chi connectivity index (χ0v) is 30.4. The Hall–Kier alpha value is -5.92. The number of hydrogen-bond acceptors (Lipinski definition) is 1. The SMILES string of the molecule is CC1(C)c2ccccc2-c2cccc(-c3ccc(N(c4ccc5c(c4)C4(CCCC4)c4ccccc4-5)c4ccc5c(ccc6ccccc65)c4)cc3)c21. The summed E-state index contributed by atoms with van der Waals surface area (Å²) >= 11 is 0. The van der Waals surface area contributed by atoms with Crippen LogP contribution in [0.25, 0.3) is 54.9 Å². The Morgan fingerprint density at radius 1 is 0.415 bits per heavy atom. The van der Waals surface area contributed by atoms with Gasteiger partial charge in [-0.3, -0.25) is 0 Å². The highest BCUT2D eigenvalue weighted by Crippen LogP contribution is 2.58. The lowest BCUT2D eigenvalue weighted by molar-refractivity contribution is 0.550. The van der Waals surface area contributed by atoms with Crippen LogP contribution in [0.1, 0.15) is 61.8 Å². The van der Waals surface area contributed by atoms with Crippen molar-refractivity contribution in [3.05, 3.63) is 186 Å². The second kappa shape index (κ2) is 11.3. The topological polar surface area (TPSA) is 3.24 Å². The van der Waals surface area contributed by atoms with Crippen LogP contribution < -0.4 is 4.90 Å². The van der Waals surface area contributed by atoms with Crippen LogP contribution >= 0.6 is 0 Å². The summed E-state index contributed by atoms with van der Waals surface area (Å²) in [4.78, 5) is 2.49. The van der Waals surface area contributed by atoms with Gasteiger partial charge in [0.25, 0.3) is 0 Å². The largest absolute Gasteiger partial charge is 0.310 e. The number of nitrogens with zero attached hydrogens (tertiary/aromatic N) is 1. The lowest BCUT2D eigenvalue weighted by Crippen LogP contribution is -2.21. The van der Waals surface area contributed by atoms with E-state index >= 15 is 0 Å². The molecule has 1 heteroatoms. The minimum absolute atomic E-state index is 0.0688. The van der Waals surface area contributed by atoms with Crippen LogP contribution in [-0.4, -0.2) is 0 Å². The maximum atomic E-state index is 2.53. The third-order valence-electron chi connectivity index (χ3n) is 13.0. The van der Waals surface area contributed by atoms with E-state index in [0.29, 0.717) is 0 Å². The average Bonchev–Trinajstić information content (AvgIpc) is 3.88. The van der Waals surface area contributed by atoms with E-state index in [1.807, 2.05) is 0 Å². The van der Waals surface area contributed by atoms with Crippen LogP contribution in [0.3, 0.4) is 0 Å². The third-order valence-corrected chi connectivity index (χ3v) is 13.0.